The van der Waals surface area contributed by atoms with Crippen LogP contribution in [0.15, 0.2) is 107 Å². The summed E-state index contributed by atoms with van der Waals surface area (Å²) in [5.74, 6) is 3.45. The molecule has 0 saturated heterocycles. The first kappa shape index (κ1) is 29.2. The van der Waals surface area contributed by atoms with E-state index >= 15 is 0 Å². The fourth-order valence-electron chi connectivity index (χ4n) is 6.37. The molecule has 0 unspecified atom stereocenters. The Kier molecular flexibility index (Phi) is 7.66. The van der Waals surface area contributed by atoms with Crippen molar-refractivity contribution in [3.63, 3.8) is 0 Å². The summed E-state index contributed by atoms with van der Waals surface area (Å²) < 4.78 is 13.3. The topological polar surface area (TPSA) is 79.5 Å². The van der Waals surface area contributed by atoms with Gasteiger partial charge in [-0.15, -0.1) is 0 Å². The SMILES string of the molecule is CCN(CC)c1ccc(NC2=Nc3ccccc3N3C2=Nc2c(c(C)nn2-c2ccccc2)[C@H]3c2ccc(OC)c(OC)c2)cc1. The number of methoxy groups -OCH3 is 2. The number of rotatable bonds is 8. The van der Waals surface area contributed by atoms with Gasteiger partial charge in [0.05, 0.1) is 43.0 Å². The van der Waals surface area contributed by atoms with Gasteiger partial charge in [-0.05, 0) is 87.0 Å². The lowest BCUT2D eigenvalue weighted by Crippen LogP contribution is -2.46. The zero-order valence-corrected chi connectivity index (χ0v) is 26.7. The quantitative estimate of drug-likeness (QED) is 0.193. The fraction of sp³-hybridized carbons (Fsp3) is 0.216. The zero-order chi connectivity index (χ0) is 31.8. The van der Waals surface area contributed by atoms with Gasteiger partial charge in [-0.3, -0.25) is 0 Å². The van der Waals surface area contributed by atoms with Crippen molar-refractivity contribution in [1.82, 2.24) is 9.78 Å². The summed E-state index contributed by atoms with van der Waals surface area (Å²) in [6.07, 6.45) is 0. The number of nitrogens with one attached hydrogen (secondary N) is 1. The first-order valence-corrected chi connectivity index (χ1v) is 15.6. The molecule has 46 heavy (non-hydrogen) atoms. The normalized spacial score (nSPS) is 14.8. The molecule has 5 aromatic rings. The number of anilines is 3. The van der Waals surface area contributed by atoms with Crippen LogP contribution in [-0.2, 0) is 0 Å². The number of amidine groups is 2. The number of benzene rings is 4. The van der Waals surface area contributed by atoms with Gasteiger partial charge in [0.25, 0.3) is 0 Å². The highest BCUT2D eigenvalue weighted by Crippen LogP contribution is 2.49. The third kappa shape index (κ3) is 4.94. The smallest absolute Gasteiger partial charge is 0.179 e. The van der Waals surface area contributed by atoms with Crippen molar-refractivity contribution in [2.75, 3.05) is 42.4 Å². The summed E-state index contributed by atoms with van der Waals surface area (Å²) >= 11 is 0. The van der Waals surface area contributed by atoms with Crippen molar-refractivity contribution in [3.8, 4) is 17.2 Å². The van der Waals surface area contributed by atoms with Gasteiger partial charge in [-0.25, -0.2) is 14.7 Å². The van der Waals surface area contributed by atoms with E-state index in [9.17, 15) is 0 Å². The Bertz CT molecular complexity index is 1940. The number of para-hydroxylation sites is 3. The lowest BCUT2D eigenvalue weighted by Gasteiger charge is -2.40. The lowest BCUT2D eigenvalue weighted by atomic mass is 9.93. The number of ether oxygens (including phenoxy) is 2. The molecule has 7 rings (SSSR count). The third-order valence-electron chi connectivity index (χ3n) is 8.62. The standard InChI is InChI=1S/C37H37N7O2/c1-6-42(7-2)27-20-18-26(19-21-27)38-35-37-40-36-33(24(3)41-44(36)28-13-9-8-10-14-28)34(25-17-22-31(45-4)32(23-25)46-5)43(37)30-16-12-11-15-29(30)39-35/h8-23,34H,6-7H2,1-5H3,(H,38,39)/t34-/m1/s1. The van der Waals surface area contributed by atoms with Crippen LogP contribution in [0.4, 0.5) is 28.6 Å². The van der Waals surface area contributed by atoms with E-state index in [-0.39, 0.29) is 6.04 Å². The van der Waals surface area contributed by atoms with E-state index in [4.69, 9.17) is 24.6 Å². The van der Waals surface area contributed by atoms with Gasteiger partial charge in [-0.2, -0.15) is 5.10 Å². The van der Waals surface area contributed by atoms with Crippen molar-refractivity contribution < 1.29 is 9.47 Å². The van der Waals surface area contributed by atoms with Crippen LogP contribution in [0.25, 0.3) is 5.69 Å². The van der Waals surface area contributed by atoms with Gasteiger partial charge in [0.2, 0.25) is 0 Å². The number of aryl methyl sites for hydroxylation is 1. The van der Waals surface area contributed by atoms with Gasteiger partial charge in [0, 0.05) is 30.0 Å². The van der Waals surface area contributed by atoms with E-state index in [1.165, 1.54) is 5.69 Å². The Labute approximate surface area is 269 Å². The number of hydrogen-bond acceptors (Lipinski definition) is 8. The first-order valence-electron chi connectivity index (χ1n) is 15.6. The summed E-state index contributed by atoms with van der Waals surface area (Å²) in [6.45, 7) is 8.29. The number of fused-ring (bicyclic) bond motifs is 4. The van der Waals surface area contributed by atoms with E-state index < -0.39 is 0 Å². The molecule has 0 fully saturated rings. The van der Waals surface area contributed by atoms with Gasteiger partial charge in [0.1, 0.15) is 0 Å². The zero-order valence-electron chi connectivity index (χ0n) is 26.7. The Hall–Kier alpha value is -5.57. The predicted molar refractivity (Wildman–Crippen MR) is 186 cm³/mol. The molecule has 0 bridgehead atoms. The molecule has 3 heterocycles. The molecule has 9 heteroatoms. The van der Waals surface area contributed by atoms with E-state index in [1.807, 2.05) is 72.3 Å². The summed E-state index contributed by atoms with van der Waals surface area (Å²) in [6, 6.07) is 32.6. The van der Waals surface area contributed by atoms with Crippen molar-refractivity contribution in [3.05, 3.63) is 114 Å². The van der Waals surface area contributed by atoms with Crippen LogP contribution in [0.1, 0.15) is 36.7 Å². The molecule has 9 nitrogen and oxygen atoms in total. The second-order valence-corrected chi connectivity index (χ2v) is 11.2. The Morgan fingerprint density at radius 1 is 0.804 bits per heavy atom. The van der Waals surface area contributed by atoms with Crippen LogP contribution < -0.4 is 24.6 Å². The molecule has 0 spiro atoms. The number of nitrogens with zero attached hydrogens (tertiary/aromatic N) is 6. The van der Waals surface area contributed by atoms with Crippen molar-refractivity contribution in [2.24, 2.45) is 9.98 Å². The van der Waals surface area contributed by atoms with Crippen LogP contribution in [-0.4, -0.2) is 48.8 Å². The first-order chi connectivity index (χ1) is 22.5. The summed E-state index contributed by atoms with van der Waals surface area (Å²) in [5, 5.41) is 8.66. The minimum Gasteiger partial charge on any atom is -0.493 e. The van der Waals surface area contributed by atoms with Gasteiger partial charge in [0.15, 0.2) is 29.0 Å². The van der Waals surface area contributed by atoms with E-state index in [0.717, 1.165) is 58.5 Å². The Balaban J connectivity index is 1.43. The molecular weight excluding hydrogens is 574 g/mol. The molecule has 0 radical (unpaired) electrons. The van der Waals surface area contributed by atoms with Crippen LogP contribution in [0.5, 0.6) is 11.5 Å². The molecule has 0 aliphatic carbocycles. The Morgan fingerprint density at radius 2 is 1.52 bits per heavy atom. The molecule has 0 amide bonds. The highest BCUT2D eigenvalue weighted by molar-refractivity contribution is 6.51. The minimum absolute atomic E-state index is 0.279. The second-order valence-electron chi connectivity index (χ2n) is 11.2. The maximum atomic E-state index is 5.77. The van der Waals surface area contributed by atoms with Crippen LogP contribution in [0.2, 0.25) is 0 Å². The molecule has 1 N–H and O–H groups in total. The van der Waals surface area contributed by atoms with Gasteiger partial charge in [-0.1, -0.05) is 36.4 Å². The van der Waals surface area contributed by atoms with E-state index in [0.29, 0.717) is 23.2 Å². The Morgan fingerprint density at radius 3 is 2.24 bits per heavy atom. The summed E-state index contributed by atoms with van der Waals surface area (Å²) in [5.41, 5.74) is 7.78. The molecule has 2 aliphatic heterocycles. The molecule has 1 atom stereocenters. The van der Waals surface area contributed by atoms with Crippen molar-refractivity contribution >= 4 is 40.2 Å². The minimum atomic E-state index is -0.279. The number of hydrogen-bond donors (Lipinski definition) is 1. The van der Waals surface area contributed by atoms with Crippen LogP contribution >= 0.6 is 0 Å². The maximum absolute atomic E-state index is 5.77. The average molecular weight is 612 g/mol. The summed E-state index contributed by atoms with van der Waals surface area (Å²) in [7, 11) is 3.31. The second kappa shape index (κ2) is 12.1. The van der Waals surface area contributed by atoms with Crippen LogP contribution in [0, 0.1) is 6.92 Å². The third-order valence-corrected chi connectivity index (χ3v) is 8.62. The fourth-order valence-corrected chi connectivity index (χ4v) is 6.37. The van der Waals surface area contributed by atoms with E-state index in [2.05, 4.69) is 65.4 Å². The number of aliphatic imine (C=N–C) groups is 2. The highest BCUT2D eigenvalue weighted by Gasteiger charge is 2.41. The molecule has 232 valence electrons. The van der Waals surface area contributed by atoms with Gasteiger partial charge < -0.3 is 24.6 Å². The van der Waals surface area contributed by atoms with Crippen molar-refractivity contribution in [2.45, 2.75) is 26.8 Å². The highest BCUT2D eigenvalue weighted by atomic mass is 16.5. The molecular formula is C37H37N7O2. The van der Waals surface area contributed by atoms with Crippen molar-refractivity contribution in [1.29, 1.82) is 0 Å². The monoisotopic (exact) mass is 611 g/mol. The van der Waals surface area contributed by atoms with E-state index in [1.54, 1.807) is 14.2 Å². The average Bonchev–Trinajstić information content (AvgIpc) is 3.44. The summed E-state index contributed by atoms with van der Waals surface area (Å²) in [4.78, 5) is 15.1. The molecule has 2 aliphatic rings. The molecule has 0 saturated carbocycles. The van der Waals surface area contributed by atoms with Crippen LogP contribution in [0.3, 0.4) is 0 Å². The predicted octanol–water partition coefficient (Wildman–Crippen LogP) is 7.84. The lowest BCUT2D eigenvalue weighted by molar-refractivity contribution is 0.354. The largest absolute Gasteiger partial charge is 0.493 e. The van der Waals surface area contributed by atoms with Gasteiger partial charge >= 0.3 is 0 Å². The molecule has 1 aromatic heterocycles. The molecule has 4 aromatic carbocycles. The maximum Gasteiger partial charge on any atom is 0.179 e. The number of aromatic nitrogens is 2.